The first-order valence-corrected chi connectivity index (χ1v) is 6.34. The van der Waals surface area contributed by atoms with Gasteiger partial charge in [0.1, 0.15) is 9.39 Å². The molecule has 1 rings (SSSR count). The zero-order chi connectivity index (χ0) is 11.8. The van der Waals surface area contributed by atoms with Gasteiger partial charge >= 0.3 is 0 Å². The molecule has 0 aliphatic heterocycles. The fourth-order valence-corrected chi connectivity index (χ4v) is 2.54. The molecule has 8 heteroatoms. The number of aromatic nitrogens is 1. The van der Waals surface area contributed by atoms with Crippen LogP contribution in [0.1, 0.15) is 17.7 Å². The van der Waals surface area contributed by atoms with E-state index in [1.165, 1.54) is 6.92 Å². The number of pyridine rings is 1. The average Bonchev–Trinajstić information content (AvgIpc) is 2.06. The molecule has 0 unspecified atom stereocenters. The number of nitrogens with zero attached hydrogens (tertiary/aromatic N) is 1. The summed E-state index contributed by atoms with van der Waals surface area (Å²) in [5, 5.41) is 4.89. The highest BCUT2D eigenvalue weighted by atomic mass is 127. The molecule has 0 aliphatic rings. The van der Waals surface area contributed by atoms with Crippen LogP contribution in [0.15, 0.2) is 11.0 Å². The van der Waals surface area contributed by atoms with E-state index < -0.39 is 22.1 Å². The molecule has 0 bridgehead atoms. The van der Waals surface area contributed by atoms with Gasteiger partial charge in [-0.1, -0.05) is 0 Å². The third-order valence-electron chi connectivity index (χ3n) is 1.72. The molecule has 15 heavy (non-hydrogen) atoms. The number of nitrogens with two attached hydrogens (primary N) is 1. The topological polar surface area (TPSA) is 73.1 Å². The Kier molecular flexibility index (Phi) is 3.61. The minimum Gasteiger partial charge on any atom is -0.241 e. The standard InChI is InChI=1S/C7H7F2IN2O2S/c1-3-5(15(11,13)14)2-4(6(8)9)12-7(3)10/h2,6H,1H3,(H2,11,13,14). The fourth-order valence-electron chi connectivity index (χ4n) is 0.981. The van der Waals surface area contributed by atoms with Gasteiger partial charge in [0, 0.05) is 5.56 Å². The Hall–Kier alpha value is -0.350. The summed E-state index contributed by atoms with van der Waals surface area (Å²) in [6.45, 7) is 1.46. The molecule has 2 N–H and O–H groups in total. The molecule has 0 aromatic carbocycles. The van der Waals surface area contributed by atoms with Crippen molar-refractivity contribution >= 4 is 32.6 Å². The molecule has 1 heterocycles. The lowest BCUT2D eigenvalue weighted by molar-refractivity contribution is 0.145. The normalized spacial score (nSPS) is 12.1. The molecule has 0 saturated heterocycles. The molecule has 4 nitrogen and oxygen atoms in total. The van der Waals surface area contributed by atoms with Crippen molar-refractivity contribution in [2.24, 2.45) is 5.14 Å². The summed E-state index contributed by atoms with van der Waals surface area (Å²) in [6.07, 6.45) is -2.82. The second kappa shape index (κ2) is 4.26. The highest BCUT2D eigenvalue weighted by Crippen LogP contribution is 2.24. The maximum Gasteiger partial charge on any atom is 0.280 e. The van der Waals surface area contributed by atoms with Crippen LogP contribution in [0.3, 0.4) is 0 Å². The van der Waals surface area contributed by atoms with Crippen LogP contribution in [0, 0.1) is 10.6 Å². The van der Waals surface area contributed by atoms with Gasteiger partial charge in [-0.2, -0.15) is 0 Å². The fraction of sp³-hybridized carbons (Fsp3) is 0.286. The van der Waals surface area contributed by atoms with Crippen molar-refractivity contribution < 1.29 is 17.2 Å². The van der Waals surface area contributed by atoms with Crippen LogP contribution in [0.25, 0.3) is 0 Å². The number of alkyl halides is 2. The van der Waals surface area contributed by atoms with Crippen molar-refractivity contribution in [3.63, 3.8) is 0 Å². The predicted octanol–water partition coefficient (Wildman–Crippen LogP) is 1.58. The maximum absolute atomic E-state index is 12.3. The van der Waals surface area contributed by atoms with Gasteiger partial charge in [-0.3, -0.25) is 0 Å². The quantitative estimate of drug-likeness (QED) is 0.652. The second-order valence-corrected chi connectivity index (χ2v) is 5.36. The van der Waals surface area contributed by atoms with Crippen LogP contribution >= 0.6 is 22.6 Å². The molecule has 0 amide bonds. The number of rotatable bonds is 2. The average molecular weight is 348 g/mol. The van der Waals surface area contributed by atoms with Crippen molar-refractivity contribution in [2.75, 3.05) is 0 Å². The van der Waals surface area contributed by atoms with Gasteiger partial charge in [-0.15, -0.1) is 0 Å². The molecule has 1 aromatic rings. The van der Waals surface area contributed by atoms with Gasteiger partial charge in [0.15, 0.2) is 0 Å². The van der Waals surface area contributed by atoms with Gasteiger partial charge in [0.05, 0.1) is 4.90 Å². The smallest absolute Gasteiger partial charge is 0.241 e. The zero-order valence-electron chi connectivity index (χ0n) is 7.54. The third kappa shape index (κ3) is 2.82. The predicted molar refractivity (Wildman–Crippen MR) is 58.0 cm³/mol. The maximum atomic E-state index is 12.3. The SMILES string of the molecule is Cc1c(S(N)(=O)=O)cc(C(F)F)nc1I. The first kappa shape index (κ1) is 12.7. The summed E-state index contributed by atoms with van der Waals surface area (Å²) in [7, 11) is -3.99. The summed E-state index contributed by atoms with van der Waals surface area (Å²) < 4.78 is 47.1. The lowest BCUT2D eigenvalue weighted by atomic mass is 10.3. The summed E-state index contributed by atoms with van der Waals surface area (Å²) >= 11 is 1.68. The minimum atomic E-state index is -3.99. The second-order valence-electron chi connectivity index (χ2n) is 2.81. The highest BCUT2D eigenvalue weighted by Gasteiger charge is 2.19. The van der Waals surface area contributed by atoms with Gasteiger partial charge in [0.2, 0.25) is 10.0 Å². The number of primary sulfonamides is 1. The Labute approximate surface area is 99.1 Å². The number of halogens is 3. The monoisotopic (exact) mass is 348 g/mol. The number of hydrogen-bond acceptors (Lipinski definition) is 3. The Morgan fingerprint density at radius 1 is 1.53 bits per heavy atom. The van der Waals surface area contributed by atoms with E-state index in [1.54, 1.807) is 22.6 Å². The summed E-state index contributed by atoms with van der Waals surface area (Å²) in [5.41, 5.74) is -0.309. The van der Waals surface area contributed by atoms with Crippen molar-refractivity contribution in [2.45, 2.75) is 18.2 Å². The summed E-state index contributed by atoms with van der Waals surface area (Å²) in [5.74, 6) is 0. The summed E-state index contributed by atoms with van der Waals surface area (Å²) in [4.78, 5) is 3.25. The van der Waals surface area contributed by atoms with Gasteiger partial charge in [-0.25, -0.2) is 27.3 Å². The van der Waals surface area contributed by atoms with Gasteiger partial charge in [-0.05, 0) is 35.6 Å². The Morgan fingerprint density at radius 2 is 2.07 bits per heavy atom. The lowest BCUT2D eigenvalue weighted by Gasteiger charge is -2.07. The van der Waals surface area contributed by atoms with E-state index in [2.05, 4.69) is 4.98 Å². The van der Waals surface area contributed by atoms with Crippen LogP contribution in [-0.4, -0.2) is 13.4 Å². The van der Waals surface area contributed by atoms with E-state index >= 15 is 0 Å². The van der Waals surface area contributed by atoms with Crippen LogP contribution in [-0.2, 0) is 10.0 Å². The molecule has 0 spiro atoms. The molecule has 0 atom stereocenters. The van der Waals surface area contributed by atoms with Gasteiger partial charge in [0.25, 0.3) is 6.43 Å². The Bertz CT molecular complexity index is 490. The molecule has 0 saturated carbocycles. The largest absolute Gasteiger partial charge is 0.280 e. The molecular weight excluding hydrogens is 341 g/mol. The van der Waals surface area contributed by atoms with E-state index in [1.807, 2.05) is 0 Å². The zero-order valence-corrected chi connectivity index (χ0v) is 10.5. The van der Waals surface area contributed by atoms with E-state index in [-0.39, 0.29) is 14.2 Å². The Morgan fingerprint density at radius 3 is 2.47 bits per heavy atom. The third-order valence-corrected chi connectivity index (χ3v) is 3.80. The van der Waals surface area contributed by atoms with E-state index in [9.17, 15) is 17.2 Å². The molecule has 0 aliphatic carbocycles. The molecule has 0 fully saturated rings. The minimum absolute atomic E-state index is 0.203. The van der Waals surface area contributed by atoms with Crippen molar-refractivity contribution in [3.8, 4) is 0 Å². The van der Waals surface area contributed by atoms with Crippen molar-refractivity contribution in [1.82, 2.24) is 4.98 Å². The summed E-state index contributed by atoms with van der Waals surface area (Å²) in [6, 6.07) is 0.803. The van der Waals surface area contributed by atoms with Crippen molar-refractivity contribution in [1.29, 1.82) is 0 Å². The van der Waals surface area contributed by atoms with E-state index in [0.29, 0.717) is 0 Å². The molecule has 0 radical (unpaired) electrons. The van der Waals surface area contributed by atoms with Crippen molar-refractivity contribution in [3.05, 3.63) is 21.0 Å². The highest BCUT2D eigenvalue weighted by molar-refractivity contribution is 14.1. The molecule has 84 valence electrons. The van der Waals surface area contributed by atoms with Crippen LogP contribution in [0.4, 0.5) is 8.78 Å². The van der Waals surface area contributed by atoms with E-state index in [0.717, 1.165) is 6.07 Å². The number of hydrogen-bond donors (Lipinski definition) is 1. The first-order chi connectivity index (χ1) is 6.73. The Balaban J connectivity index is 3.52. The lowest BCUT2D eigenvalue weighted by Crippen LogP contribution is -2.15. The van der Waals surface area contributed by atoms with Crippen LogP contribution in [0.5, 0.6) is 0 Å². The first-order valence-electron chi connectivity index (χ1n) is 3.71. The number of sulfonamides is 1. The van der Waals surface area contributed by atoms with Crippen LogP contribution < -0.4 is 5.14 Å². The van der Waals surface area contributed by atoms with Gasteiger partial charge < -0.3 is 0 Å². The van der Waals surface area contributed by atoms with E-state index in [4.69, 9.17) is 5.14 Å². The van der Waals surface area contributed by atoms with Crippen LogP contribution in [0.2, 0.25) is 0 Å². The molecular formula is C7H7F2IN2O2S. The molecule has 1 aromatic heterocycles.